The summed E-state index contributed by atoms with van der Waals surface area (Å²) < 4.78 is 10.4. The molecular formula is C21H21N3O3. The number of amides is 1. The zero-order chi connectivity index (χ0) is 19.1. The van der Waals surface area contributed by atoms with Crippen LogP contribution in [0.2, 0.25) is 0 Å². The highest BCUT2D eigenvalue weighted by Gasteiger charge is 2.10. The second kappa shape index (κ2) is 8.71. The second-order valence-electron chi connectivity index (χ2n) is 5.80. The average molecular weight is 363 g/mol. The minimum absolute atomic E-state index is 0.246. The number of carbonyl (C=O) groups excluding carboxylic acids is 1. The molecule has 0 aliphatic heterocycles. The van der Waals surface area contributed by atoms with Crippen molar-refractivity contribution in [2.24, 2.45) is 0 Å². The molecule has 3 rings (SSSR count). The minimum atomic E-state index is -0.246. The summed E-state index contributed by atoms with van der Waals surface area (Å²) in [6.07, 6.45) is 1.55. The molecule has 27 heavy (non-hydrogen) atoms. The Morgan fingerprint density at radius 2 is 1.74 bits per heavy atom. The van der Waals surface area contributed by atoms with Crippen molar-refractivity contribution in [2.75, 3.05) is 24.9 Å². The Kier molecular flexibility index (Phi) is 5.89. The molecule has 0 saturated heterocycles. The van der Waals surface area contributed by atoms with Crippen LogP contribution < -0.4 is 20.1 Å². The maximum absolute atomic E-state index is 12.4. The zero-order valence-corrected chi connectivity index (χ0v) is 15.2. The quantitative estimate of drug-likeness (QED) is 0.665. The summed E-state index contributed by atoms with van der Waals surface area (Å²) in [4.78, 5) is 16.7. The Bertz CT molecular complexity index is 896. The molecule has 2 N–H and O–H groups in total. The van der Waals surface area contributed by atoms with Gasteiger partial charge in [0.1, 0.15) is 5.82 Å². The van der Waals surface area contributed by atoms with Gasteiger partial charge in [-0.1, -0.05) is 30.3 Å². The molecule has 3 aromatic rings. The number of nitrogens with zero attached hydrogens (tertiary/aromatic N) is 1. The first-order chi connectivity index (χ1) is 13.2. The maximum Gasteiger partial charge on any atom is 0.257 e. The largest absolute Gasteiger partial charge is 0.493 e. The molecule has 0 aliphatic carbocycles. The third-order valence-corrected chi connectivity index (χ3v) is 3.98. The lowest BCUT2D eigenvalue weighted by Gasteiger charge is -2.11. The first-order valence-corrected chi connectivity index (χ1v) is 8.47. The van der Waals surface area contributed by atoms with Gasteiger partial charge in [-0.05, 0) is 29.8 Å². The molecule has 0 fully saturated rings. The molecule has 0 atom stereocenters. The molecule has 0 bridgehead atoms. The van der Waals surface area contributed by atoms with E-state index in [1.807, 2.05) is 30.3 Å². The van der Waals surface area contributed by atoms with E-state index < -0.39 is 0 Å². The topological polar surface area (TPSA) is 72.5 Å². The first-order valence-electron chi connectivity index (χ1n) is 8.47. The van der Waals surface area contributed by atoms with E-state index in [-0.39, 0.29) is 5.91 Å². The minimum Gasteiger partial charge on any atom is -0.493 e. The number of rotatable bonds is 7. The maximum atomic E-state index is 12.4. The van der Waals surface area contributed by atoms with E-state index >= 15 is 0 Å². The van der Waals surface area contributed by atoms with Gasteiger partial charge in [0.05, 0.1) is 19.8 Å². The first kappa shape index (κ1) is 18.3. The molecule has 1 amide bonds. The lowest BCUT2D eigenvalue weighted by Crippen LogP contribution is -2.12. The summed E-state index contributed by atoms with van der Waals surface area (Å²) in [5.74, 6) is 1.62. The predicted molar refractivity (Wildman–Crippen MR) is 106 cm³/mol. The number of methoxy groups -OCH3 is 2. The van der Waals surface area contributed by atoms with Gasteiger partial charge in [0, 0.05) is 24.5 Å². The highest BCUT2D eigenvalue weighted by atomic mass is 16.5. The average Bonchev–Trinajstić information content (AvgIpc) is 2.73. The van der Waals surface area contributed by atoms with E-state index in [4.69, 9.17) is 9.47 Å². The van der Waals surface area contributed by atoms with Crippen molar-refractivity contribution in [3.8, 4) is 11.5 Å². The Labute approximate surface area is 158 Å². The summed E-state index contributed by atoms with van der Waals surface area (Å²) in [6.45, 7) is 0.672. The molecular weight excluding hydrogens is 342 g/mol. The van der Waals surface area contributed by atoms with E-state index in [9.17, 15) is 4.79 Å². The van der Waals surface area contributed by atoms with Crippen LogP contribution in [0.4, 0.5) is 11.5 Å². The predicted octanol–water partition coefficient (Wildman–Crippen LogP) is 3.96. The summed E-state index contributed by atoms with van der Waals surface area (Å²) >= 11 is 0. The van der Waals surface area contributed by atoms with Crippen LogP contribution in [0.3, 0.4) is 0 Å². The van der Waals surface area contributed by atoms with Gasteiger partial charge in [0.25, 0.3) is 5.91 Å². The second-order valence-corrected chi connectivity index (χ2v) is 5.80. The zero-order valence-electron chi connectivity index (χ0n) is 15.2. The highest BCUT2D eigenvalue weighted by Crippen LogP contribution is 2.29. The smallest absolute Gasteiger partial charge is 0.257 e. The van der Waals surface area contributed by atoms with Gasteiger partial charge in [-0.3, -0.25) is 4.79 Å². The fourth-order valence-corrected chi connectivity index (χ4v) is 2.54. The normalized spacial score (nSPS) is 10.1. The Balaban J connectivity index is 1.62. The molecule has 0 unspecified atom stereocenters. The molecule has 1 heterocycles. The lowest BCUT2D eigenvalue weighted by molar-refractivity contribution is 0.102. The molecule has 0 saturated carbocycles. The van der Waals surface area contributed by atoms with Crippen LogP contribution in [0.1, 0.15) is 15.9 Å². The number of aromatic nitrogens is 1. The SMILES string of the molecule is COc1ccc(NC(=O)c2ccc(NCc3ccccc3)nc2)cc1OC. The monoisotopic (exact) mass is 363 g/mol. The number of anilines is 2. The molecule has 6 nitrogen and oxygen atoms in total. The van der Waals surface area contributed by atoms with Gasteiger partial charge in [0.15, 0.2) is 11.5 Å². The Hall–Kier alpha value is -3.54. The van der Waals surface area contributed by atoms with Crippen molar-refractivity contribution in [3.05, 3.63) is 78.0 Å². The van der Waals surface area contributed by atoms with Crippen LogP contribution >= 0.6 is 0 Å². The summed E-state index contributed by atoms with van der Waals surface area (Å²) in [5, 5.41) is 6.06. The number of benzene rings is 2. The molecule has 0 radical (unpaired) electrons. The van der Waals surface area contributed by atoms with E-state index in [2.05, 4.69) is 15.6 Å². The van der Waals surface area contributed by atoms with Crippen LogP contribution in [0.15, 0.2) is 66.9 Å². The van der Waals surface area contributed by atoms with E-state index in [1.165, 1.54) is 0 Å². The Morgan fingerprint density at radius 3 is 2.41 bits per heavy atom. The number of hydrogen-bond donors (Lipinski definition) is 2. The van der Waals surface area contributed by atoms with Crippen molar-refractivity contribution in [3.63, 3.8) is 0 Å². The van der Waals surface area contributed by atoms with Crippen molar-refractivity contribution < 1.29 is 14.3 Å². The van der Waals surface area contributed by atoms with Gasteiger partial charge in [0.2, 0.25) is 0 Å². The number of nitrogens with one attached hydrogen (secondary N) is 2. The van der Waals surface area contributed by atoms with Crippen LogP contribution in [0, 0.1) is 0 Å². The van der Waals surface area contributed by atoms with Gasteiger partial charge in [-0.15, -0.1) is 0 Å². The van der Waals surface area contributed by atoms with Crippen LogP contribution in [0.25, 0.3) is 0 Å². The van der Waals surface area contributed by atoms with E-state index in [1.54, 1.807) is 50.7 Å². The van der Waals surface area contributed by atoms with E-state index in [0.29, 0.717) is 35.1 Å². The lowest BCUT2D eigenvalue weighted by atomic mass is 10.2. The summed E-state index contributed by atoms with van der Waals surface area (Å²) in [7, 11) is 3.11. The van der Waals surface area contributed by atoms with Crippen molar-refractivity contribution in [1.29, 1.82) is 0 Å². The third-order valence-electron chi connectivity index (χ3n) is 3.98. The number of hydrogen-bond acceptors (Lipinski definition) is 5. The number of carbonyl (C=O) groups is 1. The van der Waals surface area contributed by atoms with Crippen LogP contribution in [0.5, 0.6) is 11.5 Å². The van der Waals surface area contributed by atoms with Crippen LogP contribution in [-0.2, 0) is 6.54 Å². The standard InChI is InChI=1S/C21H21N3O3/c1-26-18-10-9-17(12-19(18)27-2)24-21(25)16-8-11-20(23-14-16)22-13-15-6-4-3-5-7-15/h3-12,14H,13H2,1-2H3,(H,22,23)(H,24,25). The third kappa shape index (κ3) is 4.76. The fraction of sp³-hybridized carbons (Fsp3) is 0.143. The van der Waals surface area contributed by atoms with Crippen molar-refractivity contribution >= 4 is 17.4 Å². The molecule has 1 aromatic heterocycles. The van der Waals surface area contributed by atoms with Crippen molar-refractivity contribution in [1.82, 2.24) is 4.98 Å². The Morgan fingerprint density at radius 1 is 0.963 bits per heavy atom. The fourth-order valence-electron chi connectivity index (χ4n) is 2.54. The van der Waals surface area contributed by atoms with Gasteiger partial charge >= 0.3 is 0 Å². The van der Waals surface area contributed by atoms with Gasteiger partial charge in [-0.25, -0.2) is 4.98 Å². The van der Waals surface area contributed by atoms with Crippen LogP contribution in [-0.4, -0.2) is 25.1 Å². The number of pyridine rings is 1. The highest BCUT2D eigenvalue weighted by molar-refractivity contribution is 6.04. The molecule has 6 heteroatoms. The number of ether oxygens (including phenoxy) is 2. The molecule has 138 valence electrons. The summed E-state index contributed by atoms with van der Waals surface area (Å²) in [6, 6.07) is 18.8. The van der Waals surface area contributed by atoms with Crippen molar-refractivity contribution in [2.45, 2.75) is 6.54 Å². The molecule has 0 aliphatic rings. The summed E-state index contributed by atoms with van der Waals surface area (Å²) in [5.41, 5.74) is 2.24. The molecule has 0 spiro atoms. The molecule has 2 aromatic carbocycles. The van der Waals surface area contributed by atoms with Gasteiger partial charge < -0.3 is 20.1 Å². The van der Waals surface area contributed by atoms with E-state index in [0.717, 1.165) is 5.56 Å². The van der Waals surface area contributed by atoms with Gasteiger partial charge in [-0.2, -0.15) is 0 Å².